The molecule has 3 aromatic carbocycles. The molecule has 3 aliphatic carbocycles. The lowest BCUT2D eigenvalue weighted by Gasteiger charge is -2.42. The van der Waals surface area contributed by atoms with Gasteiger partial charge in [-0.05, 0) is 148 Å². The van der Waals surface area contributed by atoms with E-state index in [0.29, 0.717) is 18.1 Å². The van der Waals surface area contributed by atoms with Crippen LogP contribution in [-0.4, -0.2) is 96.0 Å². The SMILES string of the molecule is Cc1ccc(C[C@@H]2N(C)CC[C@@]34CCCC[C@@]23O4)cc1.Cc1ccc(C[C@@H]2N(C)CC[C@]34CCCC[C@]23O4)cc1.Cc1ccc(C[C@H]2C3=C(CCCC3)CCN2C)cc1. The summed E-state index contributed by atoms with van der Waals surface area (Å²) >= 11 is 0. The molecule has 8 aliphatic rings. The minimum atomic E-state index is 0.184. The molecule has 0 unspecified atom stereocenters. The number of aryl methyl sites for hydroxylation is 3. The number of hydrogen-bond donors (Lipinski definition) is 0. The molecular formula is C54H75N3O2. The first-order chi connectivity index (χ1) is 28.5. The minimum absolute atomic E-state index is 0.184. The lowest BCUT2D eigenvalue weighted by molar-refractivity contribution is 0.105. The van der Waals surface area contributed by atoms with Crippen LogP contribution in [-0.2, 0) is 28.7 Å². The zero-order valence-electron chi connectivity index (χ0n) is 37.7. The predicted molar refractivity (Wildman–Crippen MR) is 243 cm³/mol. The van der Waals surface area contributed by atoms with Crippen molar-refractivity contribution in [1.29, 1.82) is 0 Å². The molecule has 11 rings (SSSR count). The minimum Gasteiger partial charge on any atom is -0.361 e. The summed E-state index contributed by atoms with van der Waals surface area (Å²) in [5.41, 5.74) is 12.9. The largest absolute Gasteiger partial charge is 0.361 e. The monoisotopic (exact) mass is 798 g/mol. The number of epoxide rings is 2. The fraction of sp³-hybridized carbons (Fsp3) is 0.630. The number of piperidine rings is 2. The second kappa shape index (κ2) is 16.8. The van der Waals surface area contributed by atoms with E-state index < -0.39 is 0 Å². The summed E-state index contributed by atoms with van der Waals surface area (Å²) < 4.78 is 12.9. The van der Waals surface area contributed by atoms with Gasteiger partial charge in [0.2, 0.25) is 0 Å². The molecule has 59 heavy (non-hydrogen) atoms. The van der Waals surface area contributed by atoms with Gasteiger partial charge in [-0.2, -0.15) is 0 Å². The third-order valence-electron chi connectivity index (χ3n) is 16.8. The Morgan fingerprint density at radius 2 is 0.881 bits per heavy atom. The number of likely N-dealkylation sites (N-methyl/N-ethyl adjacent to an activating group) is 3. The number of benzene rings is 3. The Bertz CT molecular complexity index is 1840. The van der Waals surface area contributed by atoms with Crippen molar-refractivity contribution >= 4 is 0 Å². The van der Waals surface area contributed by atoms with Crippen LogP contribution in [0.4, 0.5) is 0 Å². The Balaban J connectivity index is 0.000000114. The number of ether oxygens (including phenoxy) is 2. The highest BCUT2D eigenvalue weighted by atomic mass is 16.6. The maximum Gasteiger partial charge on any atom is 0.114 e. The maximum atomic E-state index is 6.45. The molecule has 0 aromatic heterocycles. The highest BCUT2D eigenvalue weighted by molar-refractivity contribution is 5.33. The highest BCUT2D eigenvalue weighted by Crippen LogP contribution is 2.65. The predicted octanol–water partition coefficient (Wildman–Crippen LogP) is 10.8. The van der Waals surface area contributed by atoms with E-state index in [4.69, 9.17) is 9.47 Å². The molecule has 5 aliphatic heterocycles. The van der Waals surface area contributed by atoms with Crippen molar-refractivity contribution in [2.24, 2.45) is 0 Å². The van der Waals surface area contributed by atoms with Crippen molar-refractivity contribution in [3.8, 4) is 0 Å². The molecule has 5 nitrogen and oxygen atoms in total. The molecule has 5 heteroatoms. The van der Waals surface area contributed by atoms with Crippen molar-refractivity contribution in [3.05, 3.63) is 117 Å². The Morgan fingerprint density at radius 1 is 0.458 bits per heavy atom. The Morgan fingerprint density at radius 3 is 1.36 bits per heavy atom. The number of likely N-dealkylation sites (tertiary alicyclic amines) is 2. The van der Waals surface area contributed by atoms with E-state index in [-0.39, 0.29) is 22.4 Å². The fourth-order valence-corrected chi connectivity index (χ4v) is 13.1. The zero-order valence-corrected chi connectivity index (χ0v) is 37.7. The molecule has 4 saturated heterocycles. The van der Waals surface area contributed by atoms with E-state index in [1.165, 1.54) is 156 Å². The van der Waals surface area contributed by atoms with Gasteiger partial charge in [-0.15, -0.1) is 0 Å². The van der Waals surface area contributed by atoms with Gasteiger partial charge >= 0.3 is 0 Å². The van der Waals surface area contributed by atoms with Crippen LogP contribution in [0.5, 0.6) is 0 Å². The summed E-state index contributed by atoms with van der Waals surface area (Å²) in [6.45, 7) is 10.1. The van der Waals surface area contributed by atoms with Crippen LogP contribution in [0.25, 0.3) is 0 Å². The van der Waals surface area contributed by atoms with Gasteiger partial charge in [0.05, 0.1) is 0 Å². The van der Waals surface area contributed by atoms with Crippen molar-refractivity contribution in [2.45, 2.75) is 177 Å². The second-order valence-electron chi connectivity index (χ2n) is 20.5. The molecule has 3 aromatic rings. The van der Waals surface area contributed by atoms with E-state index in [0.717, 1.165) is 12.8 Å². The first-order valence-corrected chi connectivity index (χ1v) is 23.9. The molecule has 5 heterocycles. The molecule has 2 saturated carbocycles. The molecule has 0 radical (unpaired) electrons. The highest BCUT2D eigenvalue weighted by Gasteiger charge is 2.76. The Labute approximate surface area is 357 Å². The van der Waals surface area contributed by atoms with Crippen LogP contribution < -0.4 is 0 Å². The van der Waals surface area contributed by atoms with E-state index in [2.05, 4.69) is 129 Å². The molecule has 0 N–H and O–H groups in total. The number of hydrogen-bond acceptors (Lipinski definition) is 5. The lowest BCUT2D eigenvalue weighted by Crippen LogP contribution is -2.55. The van der Waals surface area contributed by atoms with Gasteiger partial charge in [-0.25, -0.2) is 0 Å². The zero-order chi connectivity index (χ0) is 40.8. The van der Waals surface area contributed by atoms with Crippen molar-refractivity contribution in [3.63, 3.8) is 0 Å². The van der Waals surface area contributed by atoms with E-state index >= 15 is 0 Å². The van der Waals surface area contributed by atoms with E-state index in [1.807, 2.05) is 0 Å². The van der Waals surface area contributed by atoms with Crippen LogP contribution in [0.15, 0.2) is 83.9 Å². The molecule has 318 valence electrons. The summed E-state index contributed by atoms with van der Waals surface area (Å²) in [4.78, 5) is 7.68. The van der Waals surface area contributed by atoms with Gasteiger partial charge in [-0.1, -0.05) is 126 Å². The van der Waals surface area contributed by atoms with Crippen LogP contribution >= 0.6 is 0 Å². The van der Waals surface area contributed by atoms with Crippen molar-refractivity contribution in [1.82, 2.24) is 14.7 Å². The van der Waals surface area contributed by atoms with E-state index in [9.17, 15) is 0 Å². The average molecular weight is 798 g/mol. The smallest absolute Gasteiger partial charge is 0.114 e. The van der Waals surface area contributed by atoms with E-state index in [1.54, 1.807) is 11.1 Å². The van der Waals surface area contributed by atoms with Gasteiger partial charge in [0.15, 0.2) is 0 Å². The number of rotatable bonds is 6. The number of nitrogens with zero attached hydrogens (tertiary/aromatic N) is 3. The Kier molecular flexibility index (Phi) is 11.8. The van der Waals surface area contributed by atoms with Gasteiger partial charge in [0.25, 0.3) is 0 Å². The maximum absolute atomic E-state index is 6.45. The first-order valence-electron chi connectivity index (χ1n) is 23.9. The Hall–Kier alpha value is -2.80. The fourth-order valence-electron chi connectivity index (χ4n) is 13.1. The molecule has 6 fully saturated rings. The summed E-state index contributed by atoms with van der Waals surface area (Å²) in [7, 11) is 6.87. The summed E-state index contributed by atoms with van der Waals surface area (Å²) in [6, 6.07) is 29.0. The molecule has 0 amide bonds. The average Bonchev–Trinajstić information content (AvgIpc) is 4.15. The van der Waals surface area contributed by atoms with Crippen molar-refractivity contribution in [2.75, 3.05) is 40.8 Å². The topological polar surface area (TPSA) is 34.8 Å². The van der Waals surface area contributed by atoms with Crippen molar-refractivity contribution < 1.29 is 9.47 Å². The van der Waals surface area contributed by atoms with Gasteiger partial charge < -0.3 is 9.47 Å². The van der Waals surface area contributed by atoms with Gasteiger partial charge in [0.1, 0.15) is 22.4 Å². The molecule has 0 bridgehead atoms. The standard InChI is InChI=1S/2C18H25NO.C18H25N/c2*1-14-5-7-15(8-6-14)13-16-18-10-4-3-9-17(18,20-18)11-12-19(16)2;1-14-7-9-15(10-8-14)13-18-17-6-4-3-5-16(17)11-12-19(18)2/h2*5-8,16H,3-4,9-13H2,1-2H3;7-10,18H,3-6,11-13H2,1-2H3/t16-,17+,18-;16-,17-,18+;18-/m000/s1. The molecule has 0 spiro atoms. The third-order valence-corrected chi connectivity index (χ3v) is 16.8. The second-order valence-corrected chi connectivity index (χ2v) is 20.5. The van der Waals surface area contributed by atoms with Crippen LogP contribution in [0.3, 0.4) is 0 Å². The summed E-state index contributed by atoms with van der Waals surface area (Å²) in [5, 5.41) is 0. The quantitative estimate of drug-likeness (QED) is 0.183. The lowest BCUT2D eigenvalue weighted by atomic mass is 9.70. The molecule has 7 atom stereocenters. The van der Waals surface area contributed by atoms with Crippen LogP contribution in [0.1, 0.15) is 130 Å². The summed E-state index contributed by atoms with van der Waals surface area (Å²) in [5.74, 6) is 0. The summed E-state index contributed by atoms with van der Waals surface area (Å²) in [6.07, 6.45) is 23.4. The van der Waals surface area contributed by atoms with Crippen LogP contribution in [0, 0.1) is 20.8 Å². The van der Waals surface area contributed by atoms with Gasteiger partial charge in [0, 0.05) is 37.8 Å². The van der Waals surface area contributed by atoms with Gasteiger partial charge in [-0.3, -0.25) is 14.7 Å². The first kappa shape index (κ1) is 41.5. The third kappa shape index (κ3) is 8.06. The normalized spacial score (nSPS) is 35.0. The molecular weight excluding hydrogens is 723 g/mol. The van der Waals surface area contributed by atoms with Crippen LogP contribution in [0.2, 0.25) is 0 Å².